The lowest BCUT2D eigenvalue weighted by Gasteiger charge is -2.14. The Bertz CT molecular complexity index is 1250. The highest BCUT2D eigenvalue weighted by molar-refractivity contribution is 8.00. The van der Waals surface area contributed by atoms with E-state index in [1.165, 1.54) is 42.0 Å². The zero-order chi connectivity index (χ0) is 17.8. The van der Waals surface area contributed by atoms with Gasteiger partial charge in [-0.2, -0.15) is 0 Å². The van der Waals surface area contributed by atoms with Crippen molar-refractivity contribution >= 4 is 54.6 Å². The molecule has 1 aromatic heterocycles. The van der Waals surface area contributed by atoms with Gasteiger partial charge in [0.15, 0.2) is 0 Å². The molecule has 6 rings (SSSR count). The fourth-order valence-electron chi connectivity index (χ4n) is 4.15. The zero-order valence-corrected chi connectivity index (χ0v) is 16.2. The van der Waals surface area contributed by atoms with Crippen LogP contribution in [-0.4, -0.2) is 5.25 Å². The van der Waals surface area contributed by atoms with Crippen molar-refractivity contribution in [2.45, 2.75) is 16.1 Å². The van der Waals surface area contributed by atoms with E-state index in [2.05, 4.69) is 90.3 Å². The number of nitrogens with one attached hydrogen (secondary N) is 1. The standard InChI is InChI=1S/C24H17NS2/c1-3-13-21-15(7-1)17-9-5-11-19(23(17)26-21)25-20-12-6-10-18-16-8-2-4-14-22(16)27-24(18)20/h1-15,21,25H. The lowest BCUT2D eigenvalue weighted by molar-refractivity contribution is 0.881. The summed E-state index contributed by atoms with van der Waals surface area (Å²) in [6.07, 6.45) is 9.01. The Morgan fingerprint density at radius 3 is 2.56 bits per heavy atom. The highest BCUT2D eigenvalue weighted by atomic mass is 32.2. The predicted octanol–water partition coefficient (Wildman–Crippen LogP) is 7.48. The predicted molar refractivity (Wildman–Crippen MR) is 120 cm³/mol. The van der Waals surface area contributed by atoms with Crippen molar-refractivity contribution in [3.63, 3.8) is 0 Å². The van der Waals surface area contributed by atoms with Gasteiger partial charge in [-0.05, 0) is 23.8 Å². The van der Waals surface area contributed by atoms with Crippen LogP contribution in [-0.2, 0) is 0 Å². The molecule has 0 bridgehead atoms. The van der Waals surface area contributed by atoms with Gasteiger partial charge in [0.05, 0.1) is 16.1 Å². The van der Waals surface area contributed by atoms with Crippen LogP contribution in [0.5, 0.6) is 0 Å². The Morgan fingerprint density at radius 1 is 0.741 bits per heavy atom. The second kappa shape index (κ2) is 6.01. The summed E-state index contributed by atoms with van der Waals surface area (Å²) in [6, 6.07) is 21.9. The van der Waals surface area contributed by atoms with Crippen LogP contribution >= 0.6 is 23.1 Å². The van der Waals surface area contributed by atoms with Crippen molar-refractivity contribution in [3.8, 4) is 0 Å². The van der Waals surface area contributed by atoms with Crippen LogP contribution in [0.15, 0.2) is 89.9 Å². The molecule has 2 unspecified atom stereocenters. The first-order valence-electron chi connectivity index (χ1n) is 9.20. The first-order chi connectivity index (χ1) is 13.4. The molecule has 3 aromatic carbocycles. The summed E-state index contributed by atoms with van der Waals surface area (Å²) in [6.45, 7) is 0. The van der Waals surface area contributed by atoms with Crippen molar-refractivity contribution in [1.29, 1.82) is 0 Å². The van der Waals surface area contributed by atoms with E-state index in [1.807, 2.05) is 23.1 Å². The van der Waals surface area contributed by atoms with Crippen molar-refractivity contribution in [2.24, 2.45) is 0 Å². The normalized spacial score (nSPS) is 20.1. The van der Waals surface area contributed by atoms with E-state index in [9.17, 15) is 0 Å². The van der Waals surface area contributed by atoms with Crippen LogP contribution < -0.4 is 5.32 Å². The average Bonchev–Trinajstić information content (AvgIpc) is 3.28. The fourth-order valence-corrected chi connectivity index (χ4v) is 6.74. The van der Waals surface area contributed by atoms with Gasteiger partial charge in [0.2, 0.25) is 0 Å². The molecular formula is C24H17NS2. The van der Waals surface area contributed by atoms with Crippen molar-refractivity contribution < 1.29 is 0 Å². The first-order valence-corrected chi connectivity index (χ1v) is 10.9. The zero-order valence-electron chi connectivity index (χ0n) is 14.6. The van der Waals surface area contributed by atoms with Crippen molar-refractivity contribution in [3.05, 3.63) is 90.5 Å². The third-order valence-electron chi connectivity index (χ3n) is 5.42. The smallest absolute Gasteiger partial charge is 0.0590 e. The number of hydrogen-bond donors (Lipinski definition) is 1. The number of allylic oxidation sites excluding steroid dienone is 3. The largest absolute Gasteiger partial charge is 0.353 e. The summed E-state index contributed by atoms with van der Waals surface area (Å²) in [5.41, 5.74) is 3.86. The van der Waals surface area contributed by atoms with E-state index < -0.39 is 0 Å². The number of benzene rings is 3. The third kappa shape index (κ3) is 2.39. The molecule has 0 saturated carbocycles. The summed E-state index contributed by atoms with van der Waals surface area (Å²) < 4.78 is 2.67. The number of thioether (sulfide) groups is 1. The van der Waals surface area contributed by atoms with Gasteiger partial charge in [-0.1, -0.05) is 66.8 Å². The Kier molecular flexibility index (Phi) is 3.46. The molecular weight excluding hydrogens is 366 g/mol. The van der Waals surface area contributed by atoms with Crippen molar-refractivity contribution in [1.82, 2.24) is 0 Å². The molecule has 1 aliphatic carbocycles. The summed E-state index contributed by atoms with van der Waals surface area (Å²) in [5.74, 6) is 0.497. The van der Waals surface area contributed by atoms with Gasteiger partial charge < -0.3 is 5.32 Å². The Hall–Kier alpha value is -2.49. The van der Waals surface area contributed by atoms with Crippen LogP contribution in [0.4, 0.5) is 11.4 Å². The number of hydrogen-bond acceptors (Lipinski definition) is 3. The maximum atomic E-state index is 3.76. The molecule has 0 radical (unpaired) electrons. The summed E-state index contributed by atoms with van der Waals surface area (Å²) in [4.78, 5) is 1.39. The fraction of sp³-hybridized carbons (Fsp3) is 0.0833. The van der Waals surface area contributed by atoms with E-state index in [-0.39, 0.29) is 0 Å². The van der Waals surface area contributed by atoms with E-state index >= 15 is 0 Å². The highest BCUT2D eigenvalue weighted by Crippen LogP contribution is 2.51. The van der Waals surface area contributed by atoms with Gasteiger partial charge >= 0.3 is 0 Å². The quantitative estimate of drug-likeness (QED) is 0.385. The molecule has 0 fully saturated rings. The van der Waals surface area contributed by atoms with Gasteiger partial charge in [0.1, 0.15) is 0 Å². The minimum Gasteiger partial charge on any atom is -0.353 e. The number of rotatable bonds is 2. The number of anilines is 2. The Morgan fingerprint density at radius 2 is 1.56 bits per heavy atom. The molecule has 0 saturated heterocycles. The average molecular weight is 384 g/mol. The molecule has 3 heteroatoms. The molecule has 2 atom stereocenters. The second-order valence-electron chi connectivity index (χ2n) is 7.01. The van der Waals surface area contributed by atoms with Crippen LogP contribution in [0.25, 0.3) is 20.2 Å². The molecule has 1 aliphatic heterocycles. The summed E-state index contributed by atoms with van der Waals surface area (Å²) in [5, 5.41) is 6.96. The molecule has 27 heavy (non-hydrogen) atoms. The monoisotopic (exact) mass is 383 g/mol. The van der Waals surface area contributed by atoms with Gasteiger partial charge in [-0.3, -0.25) is 0 Å². The lowest BCUT2D eigenvalue weighted by Crippen LogP contribution is -2.06. The minimum atomic E-state index is 0.497. The summed E-state index contributed by atoms with van der Waals surface area (Å²) >= 11 is 3.85. The maximum absolute atomic E-state index is 3.76. The number of fused-ring (bicyclic) bond motifs is 6. The minimum absolute atomic E-state index is 0.497. The van der Waals surface area contributed by atoms with E-state index in [1.54, 1.807) is 0 Å². The van der Waals surface area contributed by atoms with Crippen LogP contribution in [0.1, 0.15) is 11.5 Å². The van der Waals surface area contributed by atoms with Crippen LogP contribution in [0.2, 0.25) is 0 Å². The first kappa shape index (κ1) is 15.6. The molecule has 0 spiro atoms. The lowest BCUT2D eigenvalue weighted by atomic mass is 9.92. The van der Waals surface area contributed by atoms with Gasteiger partial charge in [0, 0.05) is 31.5 Å². The second-order valence-corrected chi connectivity index (χ2v) is 9.25. The molecule has 4 aromatic rings. The van der Waals surface area contributed by atoms with Crippen molar-refractivity contribution in [2.75, 3.05) is 5.32 Å². The third-order valence-corrected chi connectivity index (χ3v) is 8.05. The molecule has 2 heterocycles. The molecule has 1 N–H and O–H groups in total. The van der Waals surface area contributed by atoms with Crippen LogP contribution in [0, 0.1) is 0 Å². The molecule has 1 nitrogen and oxygen atoms in total. The van der Waals surface area contributed by atoms with Gasteiger partial charge in [-0.25, -0.2) is 0 Å². The van der Waals surface area contributed by atoms with Gasteiger partial charge in [-0.15, -0.1) is 23.1 Å². The summed E-state index contributed by atoms with van der Waals surface area (Å²) in [7, 11) is 0. The molecule has 0 amide bonds. The highest BCUT2D eigenvalue weighted by Gasteiger charge is 2.32. The van der Waals surface area contributed by atoms with Crippen LogP contribution in [0.3, 0.4) is 0 Å². The van der Waals surface area contributed by atoms with E-state index in [4.69, 9.17) is 0 Å². The maximum Gasteiger partial charge on any atom is 0.0590 e. The van der Waals surface area contributed by atoms with Gasteiger partial charge in [0.25, 0.3) is 0 Å². The van der Waals surface area contributed by atoms with E-state index in [0.29, 0.717) is 11.2 Å². The Labute approximate surface area is 166 Å². The van der Waals surface area contributed by atoms with E-state index in [0.717, 1.165) is 0 Å². The topological polar surface area (TPSA) is 12.0 Å². The SMILES string of the molecule is C1=CC2Sc3c(Nc4cccc5c4sc4ccccc45)cccc3C2C=C1. The number of thiophene rings is 1. The molecule has 2 aliphatic rings. The Balaban J connectivity index is 1.47. The molecule has 130 valence electrons.